The van der Waals surface area contributed by atoms with Gasteiger partial charge in [-0.25, -0.2) is 4.79 Å². The molecule has 1 atom stereocenters. The number of nitrogens with zero attached hydrogens (tertiary/aromatic N) is 3. The Bertz CT molecular complexity index is 1030. The van der Waals surface area contributed by atoms with Crippen LogP contribution >= 0.6 is 0 Å². The van der Waals surface area contributed by atoms with Crippen molar-refractivity contribution in [1.29, 1.82) is 0 Å². The summed E-state index contributed by atoms with van der Waals surface area (Å²) in [7, 11) is 0. The van der Waals surface area contributed by atoms with Gasteiger partial charge >= 0.3 is 5.97 Å². The fraction of sp³-hybridized carbons (Fsp3) is 0.200. The van der Waals surface area contributed by atoms with Gasteiger partial charge < -0.3 is 14.5 Å². The molecule has 0 spiro atoms. The van der Waals surface area contributed by atoms with Crippen LogP contribution in [0.5, 0.6) is 0 Å². The van der Waals surface area contributed by atoms with Gasteiger partial charge in [0, 0.05) is 31.0 Å². The van der Waals surface area contributed by atoms with E-state index >= 15 is 0 Å². The van der Waals surface area contributed by atoms with Crippen LogP contribution in [0, 0.1) is 6.92 Å². The van der Waals surface area contributed by atoms with Gasteiger partial charge in [-0.2, -0.15) is 4.98 Å². The number of fused-ring (bicyclic) bond motifs is 1. The first-order chi connectivity index (χ1) is 13.0. The van der Waals surface area contributed by atoms with Crippen LogP contribution in [0.25, 0.3) is 11.4 Å². The third-order valence-electron chi connectivity index (χ3n) is 4.69. The average molecular weight is 363 g/mol. The van der Waals surface area contributed by atoms with Crippen LogP contribution in [0.15, 0.2) is 53.1 Å². The van der Waals surface area contributed by atoms with Crippen molar-refractivity contribution in [3.05, 3.63) is 71.1 Å². The van der Waals surface area contributed by atoms with E-state index in [4.69, 9.17) is 4.52 Å². The third kappa shape index (κ3) is 3.19. The van der Waals surface area contributed by atoms with Gasteiger partial charge in [0.05, 0.1) is 0 Å². The van der Waals surface area contributed by atoms with Gasteiger partial charge in [0.15, 0.2) is 0 Å². The zero-order valence-corrected chi connectivity index (χ0v) is 14.6. The molecule has 0 fully saturated rings. The van der Waals surface area contributed by atoms with E-state index in [0.29, 0.717) is 29.3 Å². The zero-order valence-electron chi connectivity index (χ0n) is 14.6. The summed E-state index contributed by atoms with van der Waals surface area (Å²) in [6, 6.07) is 13.5. The van der Waals surface area contributed by atoms with Crippen LogP contribution < -0.4 is 0 Å². The number of aryl methyl sites for hydroxylation is 1. The van der Waals surface area contributed by atoms with Crippen molar-refractivity contribution in [2.75, 3.05) is 0 Å². The molecular weight excluding hydrogens is 346 g/mol. The number of carboxylic acids is 1. The van der Waals surface area contributed by atoms with E-state index in [0.717, 1.165) is 11.1 Å². The Kier molecular flexibility index (Phi) is 4.19. The highest BCUT2D eigenvalue weighted by atomic mass is 16.5. The average Bonchev–Trinajstić information content (AvgIpc) is 3.13. The van der Waals surface area contributed by atoms with E-state index in [1.54, 1.807) is 31.2 Å². The van der Waals surface area contributed by atoms with Crippen molar-refractivity contribution in [1.82, 2.24) is 15.0 Å². The van der Waals surface area contributed by atoms with Crippen molar-refractivity contribution in [2.45, 2.75) is 25.9 Å². The minimum absolute atomic E-state index is 0.261. The summed E-state index contributed by atoms with van der Waals surface area (Å²) in [6.07, 6.45) is 0.293. The quantitative estimate of drug-likeness (QED) is 0.768. The molecule has 3 aromatic rings. The molecular formula is C20H17N3O4. The first-order valence-electron chi connectivity index (χ1n) is 8.54. The van der Waals surface area contributed by atoms with Gasteiger partial charge in [0.25, 0.3) is 5.91 Å². The molecule has 136 valence electrons. The van der Waals surface area contributed by atoms with Gasteiger partial charge in [-0.05, 0) is 23.3 Å². The molecule has 27 heavy (non-hydrogen) atoms. The number of aromatic nitrogens is 2. The van der Waals surface area contributed by atoms with Crippen molar-refractivity contribution >= 4 is 11.9 Å². The number of carbonyl (C=O) groups excluding carboxylic acids is 1. The molecule has 1 amide bonds. The molecule has 2 aromatic carbocycles. The maximum atomic E-state index is 13.1. The van der Waals surface area contributed by atoms with Gasteiger partial charge in [0.1, 0.15) is 6.04 Å². The van der Waals surface area contributed by atoms with Crippen molar-refractivity contribution in [3.63, 3.8) is 0 Å². The SMILES string of the molecule is Cc1nc(-c2cccc(C(=O)N3Cc4ccccc4C[C@@H]3C(=O)O)c2)no1. The monoisotopic (exact) mass is 363 g/mol. The topological polar surface area (TPSA) is 96.5 Å². The van der Waals surface area contributed by atoms with Crippen LogP contribution in [0.4, 0.5) is 0 Å². The lowest BCUT2D eigenvalue weighted by atomic mass is 9.93. The molecule has 0 radical (unpaired) electrons. The molecule has 7 nitrogen and oxygen atoms in total. The van der Waals surface area contributed by atoms with Crippen molar-refractivity contribution in [3.8, 4) is 11.4 Å². The Morgan fingerprint density at radius 3 is 2.63 bits per heavy atom. The van der Waals surface area contributed by atoms with Crippen LogP contribution in [-0.4, -0.2) is 38.1 Å². The standard InChI is InChI=1S/C20H17N3O4/c1-12-21-18(22-27-12)14-7-4-8-15(9-14)19(24)23-11-16-6-3-2-5-13(16)10-17(23)20(25)26/h2-9,17H,10-11H2,1H3,(H,25,26)/t17-/m1/s1. The maximum absolute atomic E-state index is 13.1. The zero-order chi connectivity index (χ0) is 19.0. The molecule has 0 bridgehead atoms. The maximum Gasteiger partial charge on any atom is 0.326 e. The fourth-order valence-electron chi connectivity index (χ4n) is 3.33. The predicted octanol–water partition coefficient (Wildman–Crippen LogP) is 2.70. The molecule has 0 unspecified atom stereocenters. The van der Waals surface area contributed by atoms with Crippen LogP contribution in [-0.2, 0) is 17.8 Å². The van der Waals surface area contributed by atoms with E-state index in [9.17, 15) is 14.7 Å². The number of aliphatic carboxylic acids is 1. The van der Waals surface area contributed by atoms with E-state index in [1.165, 1.54) is 4.90 Å². The summed E-state index contributed by atoms with van der Waals surface area (Å²) >= 11 is 0. The molecule has 7 heteroatoms. The molecule has 4 rings (SSSR count). The summed E-state index contributed by atoms with van der Waals surface area (Å²) in [5.74, 6) is -0.525. The molecule has 0 saturated heterocycles. The lowest BCUT2D eigenvalue weighted by Crippen LogP contribution is -2.48. The second kappa shape index (κ2) is 6.68. The molecule has 0 saturated carbocycles. The first kappa shape index (κ1) is 17.0. The van der Waals surface area contributed by atoms with Gasteiger partial charge in [-0.1, -0.05) is 41.6 Å². The summed E-state index contributed by atoms with van der Waals surface area (Å²) in [6.45, 7) is 1.95. The minimum atomic E-state index is -1.01. The van der Waals surface area contributed by atoms with Gasteiger partial charge in [-0.15, -0.1) is 0 Å². The molecule has 1 aromatic heterocycles. The molecule has 0 aliphatic carbocycles. The van der Waals surface area contributed by atoms with Gasteiger partial charge in [0.2, 0.25) is 11.7 Å². The number of hydrogen-bond donors (Lipinski definition) is 1. The lowest BCUT2D eigenvalue weighted by molar-refractivity contribution is -0.142. The van der Waals surface area contributed by atoms with E-state index in [1.807, 2.05) is 24.3 Å². The molecule has 2 heterocycles. The number of carboxylic acid groups (broad SMARTS) is 1. The second-order valence-corrected chi connectivity index (χ2v) is 6.48. The highest BCUT2D eigenvalue weighted by Gasteiger charge is 2.35. The lowest BCUT2D eigenvalue weighted by Gasteiger charge is -2.34. The number of rotatable bonds is 3. The van der Waals surface area contributed by atoms with E-state index in [2.05, 4.69) is 10.1 Å². The van der Waals surface area contributed by atoms with Crippen molar-refractivity contribution < 1.29 is 19.2 Å². The van der Waals surface area contributed by atoms with Gasteiger partial charge in [-0.3, -0.25) is 4.79 Å². The van der Waals surface area contributed by atoms with E-state index in [-0.39, 0.29) is 12.5 Å². The van der Waals surface area contributed by atoms with Crippen molar-refractivity contribution in [2.24, 2.45) is 0 Å². The fourth-order valence-corrected chi connectivity index (χ4v) is 3.33. The van der Waals surface area contributed by atoms with Crippen LogP contribution in [0.3, 0.4) is 0 Å². The van der Waals surface area contributed by atoms with E-state index < -0.39 is 12.0 Å². The summed E-state index contributed by atoms with van der Waals surface area (Å²) in [5, 5.41) is 13.5. The first-order valence-corrected chi connectivity index (χ1v) is 8.54. The third-order valence-corrected chi connectivity index (χ3v) is 4.69. The number of hydrogen-bond acceptors (Lipinski definition) is 5. The highest BCUT2D eigenvalue weighted by molar-refractivity contribution is 5.97. The van der Waals surface area contributed by atoms with Crippen LogP contribution in [0.2, 0.25) is 0 Å². The predicted molar refractivity (Wildman–Crippen MR) is 95.9 cm³/mol. The Morgan fingerprint density at radius 2 is 1.93 bits per heavy atom. The number of benzene rings is 2. The Balaban J connectivity index is 1.68. The highest BCUT2D eigenvalue weighted by Crippen LogP contribution is 2.26. The summed E-state index contributed by atoms with van der Waals surface area (Å²) < 4.78 is 4.99. The Hall–Kier alpha value is -3.48. The second-order valence-electron chi connectivity index (χ2n) is 6.48. The van der Waals surface area contributed by atoms with Crippen LogP contribution in [0.1, 0.15) is 27.4 Å². The molecule has 1 aliphatic rings. The minimum Gasteiger partial charge on any atom is -0.480 e. The summed E-state index contributed by atoms with van der Waals surface area (Å²) in [5.41, 5.74) is 2.96. The largest absolute Gasteiger partial charge is 0.480 e. The number of carbonyl (C=O) groups is 2. The normalized spacial score (nSPS) is 16.0. The Labute approximate surface area is 155 Å². The molecule has 1 aliphatic heterocycles. The summed E-state index contributed by atoms with van der Waals surface area (Å²) in [4.78, 5) is 30.5. The molecule has 1 N–H and O–H groups in total. The Morgan fingerprint density at radius 1 is 1.15 bits per heavy atom. The number of amides is 1. The smallest absolute Gasteiger partial charge is 0.326 e.